The van der Waals surface area contributed by atoms with Crippen LogP contribution in [0.15, 0.2) is 46.6 Å². The Morgan fingerprint density at radius 3 is 2.74 bits per heavy atom. The summed E-state index contributed by atoms with van der Waals surface area (Å²) in [6.07, 6.45) is 6.14. The van der Waals surface area contributed by atoms with Crippen LogP contribution in [-0.2, 0) is 9.59 Å². The van der Waals surface area contributed by atoms with Crippen molar-refractivity contribution in [2.75, 3.05) is 41.9 Å². The van der Waals surface area contributed by atoms with Crippen LogP contribution >= 0.6 is 23.5 Å². The predicted octanol–water partition coefficient (Wildman–Crippen LogP) is 3.67. The lowest BCUT2D eigenvalue weighted by Gasteiger charge is -2.32. The van der Waals surface area contributed by atoms with Crippen molar-refractivity contribution in [3.05, 3.63) is 36.7 Å². The molecule has 2 amide bonds. The number of piperidine rings is 1. The molecule has 0 radical (unpaired) electrons. The molecule has 1 aliphatic rings. The summed E-state index contributed by atoms with van der Waals surface area (Å²) in [5.41, 5.74) is 0.798. The highest BCUT2D eigenvalue weighted by molar-refractivity contribution is 8.00. The summed E-state index contributed by atoms with van der Waals surface area (Å²) in [6, 6.07) is 9.71. The molecule has 3 rings (SSSR count). The number of rotatable bonds is 9. The third-order valence-electron chi connectivity index (χ3n) is 5.07. The van der Waals surface area contributed by atoms with Crippen molar-refractivity contribution in [1.29, 1.82) is 0 Å². The van der Waals surface area contributed by atoms with Crippen LogP contribution in [0.2, 0.25) is 0 Å². The molecule has 0 bridgehead atoms. The molecule has 1 aliphatic heterocycles. The molecule has 0 unspecified atom stereocenters. The molecule has 2 aromatic rings. The molecule has 0 spiro atoms. The average Bonchev–Trinajstić information content (AvgIpc) is 2.81. The minimum absolute atomic E-state index is 0.0673. The van der Waals surface area contributed by atoms with E-state index in [4.69, 9.17) is 0 Å². The minimum atomic E-state index is -0.0673. The molecular formula is C22H29N5O2S2. The summed E-state index contributed by atoms with van der Waals surface area (Å²) < 4.78 is 0. The van der Waals surface area contributed by atoms with Crippen molar-refractivity contribution in [2.24, 2.45) is 5.92 Å². The fourth-order valence-corrected chi connectivity index (χ4v) is 4.50. The van der Waals surface area contributed by atoms with Gasteiger partial charge in [-0.15, -0.1) is 11.8 Å². The van der Waals surface area contributed by atoms with Crippen molar-refractivity contribution in [3.8, 4) is 0 Å². The van der Waals surface area contributed by atoms with Crippen molar-refractivity contribution in [1.82, 2.24) is 15.3 Å². The Morgan fingerprint density at radius 1 is 1.19 bits per heavy atom. The van der Waals surface area contributed by atoms with Gasteiger partial charge in [0.05, 0.1) is 5.75 Å². The molecule has 0 saturated carbocycles. The highest BCUT2D eigenvalue weighted by Gasteiger charge is 2.25. The summed E-state index contributed by atoms with van der Waals surface area (Å²) in [4.78, 5) is 36.5. The Balaban J connectivity index is 1.49. The van der Waals surface area contributed by atoms with E-state index in [0.29, 0.717) is 0 Å². The number of hydrogen-bond acceptors (Lipinski definition) is 7. The number of hydrogen-bond donors (Lipinski definition) is 2. The van der Waals surface area contributed by atoms with E-state index < -0.39 is 0 Å². The standard InChI is InChI=1S/C22H29N5O2S2/c1-3-9-23-22(29)16-7-10-27(11-8-16)19-13-21(25-15-24-19)31-14-20(28)26-17-5-4-6-18(12-17)30-2/h4-6,12-13,15-16H,3,7-11,14H2,1-2H3,(H,23,29)(H,26,28). The highest BCUT2D eigenvalue weighted by Crippen LogP contribution is 2.25. The van der Waals surface area contributed by atoms with Gasteiger partial charge in [-0.1, -0.05) is 24.8 Å². The first kappa shape index (κ1) is 23.4. The van der Waals surface area contributed by atoms with E-state index in [0.717, 1.165) is 60.3 Å². The number of thioether (sulfide) groups is 2. The molecule has 166 valence electrons. The first-order valence-corrected chi connectivity index (χ1v) is 12.7. The quantitative estimate of drug-likeness (QED) is 0.437. The molecule has 1 fully saturated rings. The van der Waals surface area contributed by atoms with Gasteiger partial charge in [-0.05, 0) is 43.7 Å². The van der Waals surface area contributed by atoms with E-state index in [9.17, 15) is 9.59 Å². The van der Waals surface area contributed by atoms with E-state index in [-0.39, 0.29) is 23.5 Å². The van der Waals surface area contributed by atoms with Crippen molar-refractivity contribution in [2.45, 2.75) is 36.1 Å². The second-order valence-electron chi connectivity index (χ2n) is 7.34. The van der Waals surface area contributed by atoms with Gasteiger partial charge in [0.2, 0.25) is 11.8 Å². The number of anilines is 2. The zero-order valence-electron chi connectivity index (χ0n) is 18.0. The number of carbonyl (C=O) groups excluding carboxylic acids is 2. The maximum atomic E-state index is 12.3. The van der Waals surface area contributed by atoms with Crippen LogP contribution in [0.25, 0.3) is 0 Å². The molecule has 0 atom stereocenters. The third-order valence-corrected chi connectivity index (χ3v) is 6.72. The van der Waals surface area contributed by atoms with Crippen LogP contribution in [0.1, 0.15) is 26.2 Å². The lowest BCUT2D eigenvalue weighted by molar-refractivity contribution is -0.125. The Kier molecular flexibility index (Phi) is 9.02. The molecule has 0 aliphatic carbocycles. The van der Waals surface area contributed by atoms with Gasteiger partial charge in [-0.25, -0.2) is 9.97 Å². The fraction of sp³-hybridized carbons (Fsp3) is 0.455. The number of nitrogens with zero attached hydrogens (tertiary/aromatic N) is 3. The zero-order valence-corrected chi connectivity index (χ0v) is 19.6. The molecule has 1 aromatic carbocycles. The highest BCUT2D eigenvalue weighted by atomic mass is 32.2. The number of amides is 2. The lowest BCUT2D eigenvalue weighted by atomic mass is 9.96. The first-order valence-electron chi connectivity index (χ1n) is 10.5. The second-order valence-corrected chi connectivity index (χ2v) is 9.21. The van der Waals surface area contributed by atoms with E-state index in [2.05, 4.69) is 32.4 Å². The fourth-order valence-electron chi connectivity index (χ4n) is 3.38. The molecule has 2 N–H and O–H groups in total. The van der Waals surface area contributed by atoms with Gasteiger partial charge in [-0.2, -0.15) is 0 Å². The maximum Gasteiger partial charge on any atom is 0.234 e. The SMILES string of the molecule is CCCNC(=O)C1CCN(c2cc(SCC(=O)Nc3cccc(SC)c3)ncn2)CC1. The number of benzene rings is 1. The van der Waals surface area contributed by atoms with Gasteiger partial charge in [0, 0.05) is 42.2 Å². The smallest absolute Gasteiger partial charge is 0.234 e. The zero-order chi connectivity index (χ0) is 22.1. The lowest BCUT2D eigenvalue weighted by Crippen LogP contribution is -2.41. The Labute approximate surface area is 192 Å². The Bertz CT molecular complexity index is 888. The van der Waals surface area contributed by atoms with E-state index >= 15 is 0 Å². The van der Waals surface area contributed by atoms with E-state index in [1.165, 1.54) is 18.1 Å². The predicted molar refractivity (Wildman–Crippen MR) is 128 cm³/mol. The Morgan fingerprint density at radius 2 is 2.00 bits per heavy atom. The summed E-state index contributed by atoms with van der Waals surface area (Å²) >= 11 is 3.03. The van der Waals surface area contributed by atoms with Crippen LogP contribution in [0, 0.1) is 5.92 Å². The van der Waals surface area contributed by atoms with Crippen LogP contribution in [-0.4, -0.2) is 53.4 Å². The molecular weight excluding hydrogens is 430 g/mol. The van der Waals surface area contributed by atoms with Gasteiger partial charge in [-0.3, -0.25) is 9.59 Å². The van der Waals surface area contributed by atoms with Crippen LogP contribution in [0.5, 0.6) is 0 Å². The van der Waals surface area contributed by atoms with Gasteiger partial charge in [0.25, 0.3) is 0 Å². The monoisotopic (exact) mass is 459 g/mol. The summed E-state index contributed by atoms with van der Waals surface area (Å²) in [6.45, 7) is 4.37. The molecule has 31 heavy (non-hydrogen) atoms. The molecule has 1 aromatic heterocycles. The average molecular weight is 460 g/mol. The van der Waals surface area contributed by atoms with Gasteiger partial charge in [0.1, 0.15) is 17.2 Å². The normalized spacial score (nSPS) is 14.3. The van der Waals surface area contributed by atoms with E-state index in [1.807, 2.05) is 36.6 Å². The van der Waals surface area contributed by atoms with E-state index in [1.54, 1.807) is 11.8 Å². The molecule has 9 heteroatoms. The summed E-state index contributed by atoms with van der Waals surface area (Å²) in [7, 11) is 0. The van der Waals surface area contributed by atoms with Crippen LogP contribution in [0.4, 0.5) is 11.5 Å². The first-order chi connectivity index (χ1) is 15.1. The maximum absolute atomic E-state index is 12.3. The number of nitrogens with one attached hydrogen (secondary N) is 2. The van der Waals surface area contributed by atoms with Crippen molar-refractivity contribution < 1.29 is 9.59 Å². The van der Waals surface area contributed by atoms with Gasteiger partial charge in [0.15, 0.2) is 0 Å². The second kappa shape index (κ2) is 12.0. The summed E-state index contributed by atoms with van der Waals surface area (Å²) in [5, 5.41) is 6.69. The molecule has 1 saturated heterocycles. The molecule has 7 nitrogen and oxygen atoms in total. The largest absolute Gasteiger partial charge is 0.356 e. The van der Waals surface area contributed by atoms with Crippen LogP contribution < -0.4 is 15.5 Å². The minimum Gasteiger partial charge on any atom is -0.356 e. The van der Waals surface area contributed by atoms with Crippen LogP contribution in [0.3, 0.4) is 0 Å². The topological polar surface area (TPSA) is 87.2 Å². The summed E-state index contributed by atoms with van der Waals surface area (Å²) in [5.74, 6) is 1.29. The van der Waals surface area contributed by atoms with Crippen molar-refractivity contribution in [3.63, 3.8) is 0 Å². The number of aromatic nitrogens is 2. The Hall–Kier alpha value is -2.26. The molecule has 2 heterocycles. The van der Waals surface area contributed by atoms with Crippen molar-refractivity contribution >= 4 is 46.8 Å². The van der Waals surface area contributed by atoms with Gasteiger partial charge < -0.3 is 15.5 Å². The number of carbonyl (C=O) groups is 2. The van der Waals surface area contributed by atoms with Gasteiger partial charge >= 0.3 is 0 Å². The third kappa shape index (κ3) is 7.14.